The van der Waals surface area contributed by atoms with Crippen molar-refractivity contribution in [2.75, 3.05) is 20.3 Å². The molecule has 2 aromatic rings. The van der Waals surface area contributed by atoms with Crippen LogP contribution in [-0.4, -0.2) is 96.0 Å². The Hall–Kier alpha value is -1.76. The number of carbonyl (C=O) groups excluding carboxylic acids is 1. The van der Waals surface area contributed by atoms with E-state index in [1.54, 1.807) is 13.2 Å². The Morgan fingerprint density at radius 2 is 1.22 bits per heavy atom. The lowest BCUT2D eigenvalue weighted by Gasteiger charge is -2.44. The minimum Gasteiger partial charge on any atom is -0.497 e. The van der Waals surface area contributed by atoms with Crippen LogP contribution in [0.5, 0.6) is 5.75 Å². The topological polar surface area (TPSA) is 90.9 Å². The van der Waals surface area contributed by atoms with Crippen LogP contribution in [0.4, 0.5) is 0 Å². The van der Waals surface area contributed by atoms with Crippen LogP contribution in [0.2, 0.25) is 72.5 Å². The average molecular weight is 1020 g/mol. The van der Waals surface area contributed by atoms with Crippen molar-refractivity contribution in [1.29, 1.82) is 0 Å². The van der Waals surface area contributed by atoms with Crippen LogP contribution in [0.1, 0.15) is 120 Å². The van der Waals surface area contributed by atoms with Crippen molar-refractivity contribution >= 4 is 39.1 Å². The first-order valence-electron chi connectivity index (χ1n) is 25.4. The minimum absolute atomic E-state index is 0.0106. The fourth-order valence-electron chi connectivity index (χ4n) is 7.03. The summed E-state index contributed by atoms with van der Waals surface area (Å²) in [4.78, 5) is 14.1. The van der Waals surface area contributed by atoms with Crippen LogP contribution in [0.25, 0.3) is 0 Å². The van der Waals surface area contributed by atoms with E-state index in [-0.39, 0.29) is 62.4 Å². The number of carbonyl (C=O) groups is 1. The monoisotopic (exact) mass is 1010 g/mol. The molecule has 7 atom stereocenters. The van der Waals surface area contributed by atoms with Gasteiger partial charge in [-0.05, 0) is 114 Å². The molecule has 9 nitrogen and oxygen atoms in total. The summed E-state index contributed by atoms with van der Waals surface area (Å²) in [6.07, 6.45) is 3.54. The molecule has 0 spiro atoms. The fourth-order valence-corrected chi connectivity index (χ4v) is 12.1. The van der Waals surface area contributed by atoms with Gasteiger partial charge in [-0.2, -0.15) is 0 Å². The Bertz CT molecular complexity index is 1850. The van der Waals surface area contributed by atoms with Gasteiger partial charge in [-0.3, -0.25) is 4.79 Å². The van der Waals surface area contributed by atoms with E-state index < -0.39 is 39.4 Å². The summed E-state index contributed by atoms with van der Waals surface area (Å²) in [7, 11) is -7.26. The third kappa shape index (κ3) is 18.1. The van der Waals surface area contributed by atoms with Crippen LogP contribution < -0.4 is 4.74 Å². The van der Waals surface area contributed by atoms with Crippen molar-refractivity contribution in [2.45, 2.75) is 232 Å². The minimum atomic E-state index is -2.32. The Kier molecular flexibility index (Phi) is 21.6. The predicted octanol–water partition coefficient (Wildman–Crippen LogP) is 14.7. The first kappa shape index (κ1) is 60.5. The summed E-state index contributed by atoms with van der Waals surface area (Å²) in [6.45, 7) is 49.8. The highest BCUT2D eigenvalue weighted by atomic mass is 28.4. The summed E-state index contributed by atoms with van der Waals surface area (Å²) in [6, 6.07) is 18.0. The van der Waals surface area contributed by atoms with Gasteiger partial charge in [0, 0.05) is 19.3 Å². The highest BCUT2D eigenvalue weighted by molar-refractivity contribution is 6.75. The number of rotatable bonds is 25. The maximum Gasteiger partial charge on any atom is 0.192 e. The molecular formula is C55H98O9Si4. The summed E-state index contributed by atoms with van der Waals surface area (Å²) in [5.41, 5.74) is 2.11. The van der Waals surface area contributed by atoms with Crippen molar-refractivity contribution in [3.63, 3.8) is 0 Å². The quantitative estimate of drug-likeness (QED) is 0.0712. The summed E-state index contributed by atoms with van der Waals surface area (Å²) in [5, 5.41) is 0.0279. The average Bonchev–Trinajstić information content (AvgIpc) is 3.60. The van der Waals surface area contributed by atoms with Gasteiger partial charge >= 0.3 is 0 Å². The third-order valence-corrected chi connectivity index (χ3v) is 34.0. The molecule has 1 saturated heterocycles. The molecule has 1 aliphatic heterocycles. The molecule has 13 heteroatoms. The molecule has 0 aliphatic carbocycles. The van der Waals surface area contributed by atoms with Gasteiger partial charge in [0.25, 0.3) is 0 Å². The summed E-state index contributed by atoms with van der Waals surface area (Å²) >= 11 is 0. The summed E-state index contributed by atoms with van der Waals surface area (Å²) < 4.78 is 54.3. The molecule has 68 heavy (non-hydrogen) atoms. The normalized spacial score (nSPS) is 20.1. The van der Waals surface area contributed by atoms with Gasteiger partial charge in [0.2, 0.25) is 0 Å². The zero-order valence-corrected chi connectivity index (χ0v) is 51.0. The van der Waals surface area contributed by atoms with Crippen molar-refractivity contribution in [1.82, 2.24) is 0 Å². The van der Waals surface area contributed by atoms with Crippen molar-refractivity contribution in [3.8, 4) is 5.75 Å². The van der Waals surface area contributed by atoms with Gasteiger partial charge in [-0.15, -0.1) is 0 Å². The number of benzene rings is 2. The predicted molar refractivity (Wildman–Crippen MR) is 293 cm³/mol. The van der Waals surface area contributed by atoms with Crippen LogP contribution in [0, 0.1) is 5.92 Å². The molecule has 1 heterocycles. The lowest BCUT2D eigenvalue weighted by molar-refractivity contribution is -0.118. The zero-order valence-electron chi connectivity index (χ0n) is 47.0. The van der Waals surface area contributed by atoms with Crippen molar-refractivity contribution in [2.24, 2.45) is 5.92 Å². The molecule has 0 radical (unpaired) electrons. The number of hydrogen-bond acceptors (Lipinski definition) is 9. The maximum absolute atomic E-state index is 14.1. The van der Waals surface area contributed by atoms with E-state index in [4.69, 9.17) is 36.7 Å². The first-order chi connectivity index (χ1) is 31.0. The standard InChI is InChI=1S/C55H98O9Si4/c1-41(51(40-58-37-42-26-24-23-25-27-42)59-38-43-28-31-45(57-14)32-29-43)34-44(56)30-33-47-50(64-68(21,22)55(11,12)13)36-48(61-47)49(63-67(19,20)54(8,9)10)35-46(62-66(17,18)53(5,6)7)39-60-65(15,16)52(2,3)4/h23-33,41,46-51H,34-40H2,1-22H3/b33-30+/t41-,46+,47-,48-,49-,50-,51+/m0/s1. The van der Waals surface area contributed by atoms with E-state index in [2.05, 4.69) is 155 Å². The first-order valence-corrected chi connectivity index (χ1v) is 37.0. The lowest BCUT2D eigenvalue weighted by atomic mass is 9.97. The smallest absolute Gasteiger partial charge is 0.192 e. The van der Waals surface area contributed by atoms with Gasteiger partial charge in [0.15, 0.2) is 39.1 Å². The Morgan fingerprint density at radius 1 is 0.691 bits per heavy atom. The molecule has 0 saturated carbocycles. The van der Waals surface area contributed by atoms with E-state index in [0.29, 0.717) is 45.7 Å². The molecular weight excluding hydrogens is 917 g/mol. The Balaban J connectivity index is 1.98. The molecule has 3 rings (SSSR count). The Labute approximate surface area is 420 Å². The molecule has 1 fully saturated rings. The van der Waals surface area contributed by atoms with E-state index in [1.807, 2.05) is 48.5 Å². The van der Waals surface area contributed by atoms with Gasteiger partial charge in [0.05, 0.1) is 64.1 Å². The van der Waals surface area contributed by atoms with E-state index >= 15 is 0 Å². The fraction of sp³-hybridized carbons (Fsp3) is 0.727. The van der Waals surface area contributed by atoms with Crippen LogP contribution in [0.15, 0.2) is 66.7 Å². The lowest BCUT2D eigenvalue weighted by Crippen LogP contribution is -2.52. The molecule has 1 aliphatic rings. The molecule has 0 aromatic heterocycles. The van der Waals surface area contributed by atoms with E-state index in [9.17, 15) is 4.79 Å². The second kappa shape index (κ2) is 24.3. The number of ether oxygens (including phenoxy) is 4. The molecule has 0 unspecified atom stereocenters. The molecule has 0 N–H and O–H groups in total. The van der Waals surface area contributed by atoms with Crippen LogP contribution in [0.3, 0.4) is 0 Å². The van der Waals surface area contributed by atoms with Gasteiger partial charge in [-0.25, -0.2) is 0 Å². The zero-order chi connectivity index (χ0) is 51.7. The van der Waals surface area contributed by atoms with E-state index in [1.165, 1.54) is 0 Å². The highest BCUT2D eigenvalue weighted by Gasteiger charge is 2.50. The number of ketones is 1. The molecule has 0 bridgehead atoms. The largest absolute Gasteiger partial charge is 0.497 e. The second-order valence-corrected chi connectivity index (χ2v) is 44.8. The maximum atomic E-state index is 14.1. The number of allylic oxidation sites excluding steroid dienone is 1. The summed E-state index contributed by atoms with van der Waals surface area (Å²) in [5.74, 6) is 0.685. The molecule has 0 amide bonds. The van der Waals surface area contributed by atoms with Gasteiger partial charge < -0.3 is 36.7 Å². The number of hydrogen-bond donors (Lipinski definition) is 0. The Morgan fingerprint density at radius 3 is 1.75 bits per heavy atom. The molecule has 388 valence electrons. The third-order valence-electron chi connectivity index (χ3n) is 15.9. The van der Waals surface area contributed by atoms with Gasteiger partial charge in [0.1, 0.15) is 11.9 Å². The van der Waals surface area contributed by atoms with Crippen molar-refractivity contribution < 1.29 is 41.4 Å². The van der Waals surface area contributed by atoms with Crippen LogP contribution >= 0.6 is 0 Å². The second-order valence-electron chi connectivity index (χ2n) is 25.7. The van der Waals surface area contributed by atoms with Gasteiger partial charge in [-0.1, -0.05) is 132 Å². The van der Waals surface area contributed by atoms with Crippen molar-refractivity contribution in [3.05, 3.63) is 77.9 Å². The molecule has 2 aromatic carbocycles. The van der Waals surface area contributed by atoms with E-state index in [0.717, 1.165) is 16.9 Å². The van der Waals surface area contributed by atoms with Crippen LogP contribution in [-0.2, 0) is 49.9 Å². The highest BCUT2D eigenvalue weighted by Crippen LogP contribution is 2.45. The SMILES string of the molecule is COc1ccc(CO[C@H](COCc2ccccc2)[C@@H](C)CC(=O)/C=C/[C@@H]2O[C@H]([C@H](C[C@H](CO[Si](C)(C)C(C)(C)C)O[Si](C)(C)C(C)(C)C)O[Si](C)(C)C(C)(C)C)C[C@@H]2O[Si](C)(C)C(C)(C)C)cc1. The number of methoxy groups -OCH3 is 1.